The summed E-state index contributed by atoms with van der Waals surface area (Å²) < 4.78 is 17.6. The average molecular weight is 1020 g/mol. The first-order valence-corrected chi connectivity index (χ1v) is 30.3. The third-order valence-electron chi connectivity index (χ3n) is 14.3. The fourth-order valence-electron chi connectivity index (χ4n) is 9.45. The molecule has 8 unspecified atom stereocenters. The number of amides is 1. The molecule has 0 saturated carbocycles. The van der Waals surface area contributed by atoms with Crippen LogP contribution in [0.4, 0.5) is 0 Å². The number of carbonyl (C=O) groups is 2. The van der Waals surface area contributed by atoms with Crippen molar-refractivity contribution in [1.82, 2.24) is 5.32 Å². The van der Waals surface area contributed by atoms with Crippen LogP contribution >= 0.6 is 0 Å². The van der Waals surface area contributed by atoms with Crippen LogP contribution in [0.15, 0.2) is 36.5 Å². The molecule has 1 aliphatic rings. The molecule has 1 saturated heterocycles. The van der Waals surface area contributed by atoms with Crippen LogP contribution in [0.3, 0.4) is 0 Å². The molecule has 0 radical (unpaired) electrons. The lowest BCUT2D eigenvalue weighted by atomic mass is 9.99. The second kappa shape index (κ2) is 49.7. The Balaban J connectivity index is 2.67. The monoisotopic (exact) mass is 1020 g/mol. The maximum atomic E-state index is 13.4. The number of hydrogen-bond donors (Lipinski definition) is 6. The summed E-state index contributed by atoms with van der Waals surface area (Å²) >= 11 is 0. The van der Waals surface area contributed by atoms with Crippen molar-refractivity contribution in [3.8, 4) is 0 Å². The standard InChI is InChI=1S/C61H113NO10/c1-4-7-10-13-16-19-22-25-26-27-28-29-30-31-34-37-40-43-46-49-56(66)72-59-58(68)57(67)55(50-63)71-61(59)70-51-52(53(64)47-44-41-38-35-32-23-20-17-14-11-8-5-2)62-60(69)54(65)48-45-42-39-36-33-24-21-18-15-12-9-6-3/h16,19,25-26,44,47,52-55,57-59,61,63-65,67-68H,4-15,17-18,20-24,27-43,45-46,48-51H2,1-3H3,(H,62,69)/b19-16-,26-25-,47-44+. The Morgan fingerprint density at radius 3 is 1.44 bits per heavy atom. The number of aliphatic hydroxyl groups excluding tert-OH is 5. The Bertz CT molecular complexity index is 1310. The molecule has 422 valence electrons. The van der Waals surface area contributed by atoms with Crippen molar-refractivity contribution >= 4 is 11.9 Å². The highest BCUT2D eigenvalue weighted by Gasteiger charge is 2.47. The molecule has 1 heterocycles. The molecular formula is C61H113NO10. The van der Waals surface area contributed by atoms with Crippen molar-refractivity contribution in [2.75, 3.05) is 13.2 Å². The molecule has 0 aromatic rings. The van der Waals surface area contributed by atoms with E-state index in [1.165, 1.54) is 161 Å². The van der Waals surface area contributed by atoms with Gasteiger partial charge in [-0.05, 0) is 57.8 Å². The number of allylic oxidation sites excluding steroid dienone is 5. The van der Waals surface area contributed by atoms with Crippen LogP contribution in [0.5, 0.6) is 0 Å². The Labute approximate surface area is 441 Å². The van der Waals surface area contributed by atoms with Crippen LogP contribution in [0.1, 0.15) is 278 Å². The maximum Gasteiger partial charge on any atom is 0.306 e. The molecule has 11 nitrogen and oxygen atoms in total. The van der Waals surface area contributed by atoms with Crippen molar-refractivity contribution in [3.63, 3.8) is 0 Å². The van der Waals surface area contributed by atoms with Crippen LogP contribution in [0, 0.1) is 0 Å². The lowest BCUT2D eigenvalue weighted by molar-refractivity contribution is -0.305. The van der Waals surface area contributed by atoms with Gasteiger partial charge in [0.15, 0.2) is 12.4 Å². The van der Waals surface area contributed by atoms with Crippen LogP contribution in [0.2, 0.25) is 0 Å². The topological polar surface area (TPSA) is 175 Å². The summed E-state index contributed by atoms with van der Waals surface area (Å²) in [6.45, 7) is 5.76. The minimum Gasteiger partial charge on any atom is -0.454 e. The van der Waals surface area contributed by atoms with E-state index >= 15 is 0 Å². The molecule has 0 spiro atoms. The third kappa shape index (κ3) is 37.6. The number of esters is 1. The lowest BCUT2D eigenvalue weighted by Gasteiger charge is -2.41. The predicted molar refractivity (Wildman–Crippen MR) is 297 cm³/mol. The van der Waals surface area contributed by atoms with Gasteiger partial charge in [-0.3, -0.25) is 9.59 Å². The minimum absolute atomic E-state index is 0.121. The van der Waals surface area contributed by atoms with Crippen molar-refractivity contribution < 1.29 is 49.3 Å². The Morgan fingerprint density at radius 2 is 0.958 bits per heavy atom. The summed E-state index contributed by atoms with van der Waals surface area (Å²) in [7, 11) is 0. The van der Waals surface area contributed by atoms with Crippen molar-refractivity contribution in [2.24, 2.45) is 0 Å². The second-order valence-corrected chi connectivity index (χ2v) is 21.1. The number of nitrogens with one attached hydrogen (secondary N) is 1. The lowest BCUT2D eigenvalue weighted by Crippen LogP contribution is -2.61. The van der Waals surface area contributed by atoms with Gasteiger partial charge < -0.3 is 45.1 Å². The number of ether oxygens (including phenoxy) is 3. The van der Waals surface area contributed by atoms with E-state index in [0.29, 0.717) is 19.3 Å². The fraction of sp³-hybridized carbons (Fsp3) is 0.869. The van der Waals surface area contributed by atoms with Gasteiger partial charge in [-0.15, -0.1) is 0 Å². The SMILES string of the molecule is CCCCC/C=C\C/C=C\CCCCCCCCCCCC(=O)OC1C(OCC(NC(=O)C(O)CCCCCCCCCCCCCC)C(O)/C=C/CCCCCCCCCCCC)OC(CO)C(O)C1O. The third-order valence-corrected chi connectivity index (χ3v) is 14.3. The van der Waals surface area contributed by atoms with E-state index in [9.17, 15) is 35.1 Å². The van der Waals surface area contributed by atoms with Gasteiger partial charge in [-0.2, -0.15) is 0 Å². The van der Waals surface area contributed by atoms with E-state index in [2.05, 4.69) is 50.4 Å². The normalized spacial score (nSPS) is 19.7. The second-order valence-electron chi connectivity index (χ2n) is 21.1. The Kier molecular flexibility index (Phi) is 46.9. The van der Waals surface area contributed by atoms with Gasteiger partial charge in [0, 0.05) is 6.42 Å². The number of unbranched alkanes of at least 4 members (excludes halogenated alkanes) is 33. The maximum absolute atomic E-state index is 13.4. The minimum atomic E-state index is -1.61. The zero-order chi connectivity index (χ0) is 52.5. The molecule has 8 atom stereocenters. The first-order valence-electron chi connectivity index (χ1n) is 30.3. The Morgan fingerprint density at radius 1 is 0.542 bits per heavy atom. The van der Waals surface area contributed by atoms with Crippen LogP contribution < -0.4 is 5.32 Å². The Hall–Kier alpha value is -2.12. The van der Waals surface area contributed by atoms with Crippen LogP contribution in [-0.2, 0) is 23.8 Å². The van der Waals surface area contributed by atoms with Crippen molar-refractivity contribution in [1.29, 1.82) is 0 Å². The molecule has 6 N–H and O–H groups in total. The van der Waals surface area contributed by atoms with E-state index in [0.717, 1.165) is 70.6 Å². The molecule has 11 heteroatoms. The first-order chi connectivity index (χ1) is 35.2. The van der Waals surface area contributed by atoms with Gasteiger partial charge >= 0.3 is 5.97 Å². The van der Waals surface area contributed by atoms with E-state index in [1.807, 2.05) is 6.08 Å². The quantitative estimate of drug-likeness (QED) is 0.0195. The van der Waals surface area contributed by atoms with E-state index < -0.39 is 67.4 Å². The average Bonchev–Trinajstić information content (AvgIpc) is 3.38. The highest BCUT2D eigenvalue weighted by molar-refractivity contribution is 5.80. The predicted octanol–water partition coefficient (Wildman–Crippen LogP) is 13.9. The summed E-state index contributed by atoms with van der Waals surface area (Å²) in [4.78, 5) is 26.5. The van der Waals surface area contributed by atoms with Gasteiger partial charge in [0.1, 0.15) is 24.4 Å². The molecule has 0 bridgehead atoms. The molecule has 1 aliphatic heterocycles. The summed E-state index contributed by atoms with van der Waals surface area (Å²) in [5.74, 6) is -1.19. The summed E-state index contributed by atoms with van der Waals surface area (Å²) in [6, 6.07) is -1.02. The van der Waals surface area contributed by atoms with E-state index in [4.69, 9.17) is 14.2 Å². The van der Waals surface area contributed by atoms with Gasteiger partial charge in [-0.1, -0.05) is 250 Å². The summed E-state index contributed by atoms with van der Waals surface area (Å²) in [5, 5.41) is 56.9. The van der Waals surface area contributed by atoms with Gasteiger partial charge in [-0.25, -0.2) is 0 Å². The zero-order valence-electron chi connectivity index (χ0n) is 46.6. The number of carbonyl (C=O) groups excluding carboxylic acids is 2. The van der Waals surface area contributed by atoms with Gasteiger partial charge in [0.25, 0.3) is 0 Å². The number of aliphatic hydroxyl groups is 5. The molecule has 0 aromatic heterocycles. The van der Waals surface area contributed by atoms with E-state index in [-0.39, 0.29) is 13.0 Å². The number of hydrogen-bond acceptors (Lipinski definition) is 10. The summed E-state index contributed by atoms with van der Waals surface area (Å²) in [6.07, 6.45) is 47.5. The van der Waals surface area contributed by atoms with Crippen molar-refractivity contribution in [2.45, 2.75) is 327 Å². The largest absolute Gasteiger partial charge is 0.454 e. The molecular weight excluding hydrogens is 907 g/mol. The number of rotatable bonds is 51. The first kappa shape index (κ1) is 67.9. The zero-order valence-corrected chi connectivity index (χ0v) is 46.6. The molecule has 72 heavy (non-hydrogen) atoms. The van der Waals surface area contributed by atoms with Gasteiger partial charge in [0.05, 0.1) is 25.4 Å². The fourth-order valence-corrected chi connectivity index (χ4v) is 9.45. The summed E-state index contributed by atoms with van der Waals surface area (Å²) in [5.41, 5.74) is 0. The van der Waals surface area contributed by atoms with Crippen LogP contribution in [-0.4, -0.2) is 99.6 Å². The smallest absolute Gasteiger partial charge is 0.306 e. The van der Waals surface area contributed by atoms with Crippen molar-refractivity contribution in [3.05, 3.63) is 36.5 Å². The molecule has 1 rings (SSSR count). The highest BCUT2D eigenvalue weighted by atomic mass is 16.7. The highest BCUT2D eigenvalue weighted by Crippen LogP contribution is 2.26. The van der Waals surface area contributed by atoms with Crippen LogP contribution in [0.25, 0.3) is 0 Å². The molecule has 1 fully saturated rings. The molecule has 0 aliphatic carbocycles. The van der Waals surface area contributed by atoms with Gasteiger partial charge in [0.2, 0.25) is 5.91 Å². The van der Waals surface area contributed by atoms with E-state index in [1.54, 1.807) is 6.08 Å². The molecule has 0 aromatic carbocycles. The molecule has 1 amide bonds.